The highest BCUT2D eigenvalue weighted by atomic mass is 32.1. The SMILES string of the molecule is c1ccc2c(-c3c4ccccc4c(-c4ccc(-c5ccc6sc7c(ccc8sc9ccccc9c87)c6c5)cc4)c4ccccc34)cccc2c1. The van der Waals surface area contributed by atoms with E-state index < -0.39 is 0 Å². The number of fused-ring (bicyclic) bond motifs is 10. The van der Waals surface area contributed by atoms with Gasteiger partial charge >= 0.3 is 0 Å². The normalized spacial score (nSPS) is 12.0. The van der Waals surface area contributed by atoms with Crippen molar-refractivity contribution in [2.24, 2.45) is 0 Å². The summed E-state index contributed by atoms with van der Waals surface area (Å²) in [5.41, 5.74) is 7.59. The summed E-state index contributed by atoms with van der Waals surface area (Å²) >= 11 is 3.82. The van der Waals surface area contributed by atoms with Gasteiger partial charge in [-0.05, 0) is 90.0 Å². The van der Waals surface area contributed by atoms with E-state index >= 15 is 0 Å². The van der Waals surface area contributed by atoms with E-state index in [2.05, 4.69) is 170 Å². The van der Waals surface area contributed by atoms with Crippen LogP contribution in [0.4, 0.5) is 0 Å². The lowest BCUT2D eigenvalue weighted by molar-refractivity contribution is 1.64. The third kappa shape index (κ3) is 4.10. The van der Waals surface area contributed by atoms with Crippen LogP contribution < -0.4 is 0 Å². The molecule has 0 radical (unpaired) electrons. The first-order chi connectivity index (χ1) is 24.8. The van der Waals surface area contributed by atoms with Crippen LogP contribution in [0.15, 0.2) is 170 Å². The predicted molar refractivity (Wildman–Crippen MR) is 221 cm³/mol. The van der Waals surface area contributed by atoms with Gasteiger partial charge in [0.25, 0.3) is 0 Å². The van der Waals surface area contributed by atoms with Gasteiger partial charge in [-0.2, -0.15) is 0 Å². The van der Waals surface area contributed by atoms with Crippen LogP contribution in [0.3, 0.4) is 0 Å². The maximum atomic E-state index is 2.40. The fraction of sp³-hybridized carbons (Fsp3) is 0. The molecule has 0 aliphatic heterocycles. The van der Waals surface area contributed by atoms with Gasteiger partial charge in [-0.15, -0.1) is 22.7 Å². The number of rotatable bonds is 3. The van der Waals surface area contributed by atoms with Crippen LogP contribution in [-0.4, -0.2) is 0 Å². The van der Waals surface area contributed by atoms with Crippen molar-refractivity contribution < 1.29 is 0 Å². The van der Waals surface area contributed by atoms with E-state index in [1.165, 1.54) is 106 Å². The minimum Gasteiger partial charge on any atom is -0.135 e. The zero-order chi connectivity index (χ0) is 32.8. The topological polar surface area (TPSA) is 0 Å². The van der Waals surface area contributed by atoms with Gasteiger partial charge in [0.15, 0.2) is 0 Å². The quantitative estimate of drug-likeness (QED) is 0.164. The molecular weight excluding hydrogens is 641 g/mol. The Morgan fingerprint density at radius 3 is 1.62 bits per heavy atom. The molecule has 50 heavy (non-hydrogen) atoms. The molecule has 0 atom stereocenters. The van der Waals surface area contributed by atoms with E-state index in [4.69, 9.17) is 0 Å². The second kappa shape index (κ2) is 10.9. The van der Waals surface area contributed by atoms with Gasteiger partial charge in [-0.1, -0.05) is 146 Å². The number of hydrogen-bond donors (Lipinski definition) is 0. The average Bonchev–Trinajstić information content (AvgIpc) is 3.75. The molecule has 0 amide bonds. The Morgan fingerprint density at radius 1 is 0.300 bits per heavy atom. The van der Waals surface area contributed by atoms with Gasteiger partial charge in [-0.25, -0.2) is 0 Å². The van der Waals surface area contributed by atoms with Crippen molar-refractivity contribution in [3.8, 4) is 33.4 Å². The van der Waals surface area contributed by atoms with Crippen LogP contribution in [0, 0.1) is 0 Å². The Balaban J connectivity index is 1.07. The van der Waals surface area contributed by atoms with Crippen molar-refractivity contribution in [1.29, 1.82) is 0 Å². The molecule has 232 valence electrons. The maximum absolute atomic E-state index is 2.40. The molecular formula is C48H28S2. The molecule has 2 heteroatoms. The maximum Gasteiger partial charge on any atom is 0.0448 e. The highest BCUT2D eigenvalue weighted by Crippen LogP contribution is 2.47. The van der Waals surface area contributed by atoms with Crippen LogP contribution >= 0.6 is 22.7 Å². The predicted octanol–water partition coefficient (Wildman–Crippen LogP) is 14.9. The molecule has 0 nitrogen and oxygen atoms in total. The van der Waals surface area contributed by atoms with E-state index in [0.717, 1.165) is 0 Å². The lowest BCUT2D eigenvalue weighted by atomic mass is 9.84. The summed E-state index contributed by atoms with van der Waals surface area (Å²) in [7, 11) is 0. The van der Waals surface area contributed by atoms with Crippen molar-refractivity contribution in [3.63, 3.8) is 0 Å². The van der Waals surface area contributed by atoms with E-state index in [0.29, 0.717) is 0 Å². The fourth-order valence-corrected chi connectivity index (χ4v) is 10.6. The van der Waals surface area contributed by atoms with Crippen LogP contribution in [0.2, 0.25) is 0 Å². The van der Waals surface area contributed by atoms with Crippen LogP contribution in [0.1, 0.15) is 0 Å². The average molecular weight is 669 g/mol. The number of thiophene rings is 2. The zero-order valence-electron chi connectivity index (χ0n) is 27.0. The number of benzene rings is 9. The molecule has 0 unspecified atom stereocenters. The first-order valence-electron chi connectivity index (χ1n) is 17.1. The molecule has 0 fully saturated rings. The van der Waals surface area contributed by atoms with E-state index in [1.54, 1.807) is 0 Å². The monoisotopic (exact) mass is 668 g/mol. The molecule has 0 bridgehead atoms. The second-order valence-corrected chi connectivity index (χ2v) is 15.3. The van der Waals surface area contributed by atoms with E-state index in [-0.39, 0.29) is 0 Å². The smallest absolute Gasteiger partial charge is 0.0448 e. The van der Waals surface area contributed by atoms with Gasteiger partial charge in [0.2, 0.25) is 0 Å². The first-order valence-corrected chi connectivity index (χ1v) is 18.7. The van der Waals surface area contributed by atoms with Crippen molar-refractivity contribution in [2.75, 3.05) is 0 Å². The van der Waals surface area contributed by atoms with Crippen LogP contribution in [-0.2, 0) is 0 Å². The molecule has 0 spiro atoms. The molecule has 9 aromatic carbocycles. The summed E-state index contributed by atoms with van der Waals surface area (Å²) in [4.78, 5) is 0. The summed E-state index contributed by atoms with van der Waals surface area (Å²) in [6.45, 7) is 0. The molecule has 11 aromatic rings. The highest BCUT2D eigenvalue weighted by Gasteiger charge is 2.18. The third-order valence-corrected chi connectivity index (χ3v) is 12.8. The Morgan fingerprint density at radius 2 is 0.860 bits per heavy atom. The highest BCUT2D eigenvalue weighted by molar-refractivity contribution is 7.29. The third-order valence-electron chi connectivity index (χ3n) is 10.5. The Kier molecular flexibility index (Phi) is 6.09. The summed E-state index contributed by atoms with van der Waals surface area (Å²) in [5.74, 6) is 0. The summed E-state index contributed by atoms with van der Waals surface area (Å²) < 4.78 is 5.46. The Bertz CT molecular complexity index is 3080. The van der Waals surface area contributed by atoms with Gasteiger partial charge in [-0.3, -0.25) is 0 Å². The lowest BCUT2D eigenvalue weighted by Crippen LogP contribution is -1.91. The first kappa shape index (κ1) is 28.1. The molecule has 0 saturated heterocycles. The van der Waals surface area contributed by atoms with Gasteiger partial charge < -0.3 is 0 Å². The van der Waals surface area contributed by atoms with Crippen molar-refractivity contribution >= 4 is 95.3 Å². The number of hydrogen-bond acceptors (Lipinski definition) is 2. The summed E-state index contributed by atoms with van der Waals surface area (Å²) in [5, 5.41) is 13.1. The lowest BCUT2D eigenvalue weighted by Gasteiger charge is -2.19. The van der Waals surface area contributed by atoms with Crippen LogP contribution in [0.5, 0.6) is 0 Å². The summed E-state index contributed by atoms with van der Waals surface area (Å²) in [6, 6.07) is 63.0. The minimum atomic E-state index is 1.23. The minimum absolute atomic E-state index is 1.23. The van der Waals surface area contributed by atoms with Crippen LogP contribution in [0.25, 0.3) is 106 Å². The molecule has 0 aliphatic rings. The van der Waals surface area contributed by atoms with Crippen molar-refractivity contribution in [2.45, 2.75) is 0 Å². The van der Waals surface area contributed by atoms with Crippen molar-refractivity contribution in [1.82, 2.24) is 0 Å². The standard InChI is InChI=1S/C48H28S2/c1-2-12-33-30(10-1)11-9-18-34(33)46-37-15-5-3-13-35(37)45(36-14-4-6-16-38(36)46)31-22-20-29(21-23-31)32-24-26-43-41(28-32)39-25-27-44-47(48(39)50-43)40-17-7-8-19-42(40)49-44/h1-28H. The Labute approximate surface area is 297 Å². The largest absolute Gasteiger partial charge is 0.135 e. The Hall–Kier alpha value is -5.80. The molecule has 2 heterocycles. The zero-order valence-corrected chi connectivity index (χ0v) is 28.6. The van der Waals surface area contributed by atoms with E-state index in [9.17, 15) is 0 Å². The molecule has 0 saturated carbocycles. The van der Waals surface area contributed by atoms with Gasteiger partial charge in [0.05, 0.1) is 0 Å². The fourth-order valence-electron chi connectivity index (χ4n) is 8.22. The summed E-state index contributed by atoms with van der Waals surface area (Å²) in [6.07, 6.45) is 0. The molecule has 0 N–H and O–H groups in total. The van der Waals surface area contributed by atoms with Gasteiger partial charge in [0.1, 0.15) is 0 Å². The van der Waals surface area contributed by atoms with E-state index in [1.807, 2.05) is 22.7 Å². The van der Waals surface area contributed by atoms with Gasteiger partial charge in [0, 0.05) is 40.3 Å². The second-order valence-electron chi connectivity index (χ2n) is 13.2. The molecule has 2 aromatic heterocycles. The molecule has 11 rings (SSSR count). The molecule has 0 aliphatic carbocycles. The van der Waals surface area contributed by atoms with Crippen molar-refractivity contribution in [3.05, 3.63) is 170 Å².